The summed E-state index contributed by atoms with van der Waals surface area (Å²) in [5, 5.41) is 0. The molecule has 4 rings (SSSR count). The quantitative estimate of drug-likeness (QED) is 0.713. The van der Waals surface area contributed by atoms with Crippen molar-refractivity contribution in [3.05, 3.63) is 35.6 Å². The number of hydrogen-bond acceptors (Lipinski definition) is 4. The van der Waals surface area contributed by atoms with Gasteiger partial charge < -0.3 is 4.74 Å². The van der Waals surface area contributed by atoms with Crippen LogP contribution in [0.25, 0.3) is 0 Å². The van der Waals surface area contributed by atoms with E-state index in [0.717, 1.165) is 18.4 Å². The van der Waals surface area contributed by atoms with Crippen molar-refractivity contribution in [2.24, 2.45) is 17.8 Å². The van der Waals surface area contributed by atoms with E-state index in [1.165, 1.54) is 42.9 Å². The molecular weight excluding hydrogens is 343 g/mol. The molecule has 0 aromatic heterocycles. The van der Waals surface area contributed by atoms with Gasteiger partial charge in [0.25, 0.3) is 0 Å². The summed E-state index contributed by atoms with van der Waals surface area (Å²) in [6, 6.07) is 6.18. The Morgan fingerprint density at radius 3 is 2.38 bits per heavy atom. The van der Waals surface area contributed by atoms with Crippen LogP contribution in [-0.2, 0) is 16.1 Å². The topological polar surface area (TPSA) is 26.3 Å². The lowest BCUT2D eigenvalue weighted by Gasteiger charge is -2.51. The summed E-state index contributed by atoms with van der Waals surface area (Å²) in [6.07, 6.45) is 5.81. The van der Waals surface area contributed by atoms with E-state index in [4.69, 9.17) is 4.74 Å². The van der Waals surface area contributed by atoms with Gasteiger partial charge in [-0.2, -0.15) is 0 Å². The van der Waals surface area contributed by atoms with Gasteiger partial charge in [-0.05, 0) is 55.2 Å². The summed E-state index contributed by atoms with van der Waals surface area (Å²) in [6.45, 7) is 0.250. The van der Waals surface area contributed by atoms with E-state index in [9.17, 15) is 9.18 Å². The number of thioether (sulfide) groups is 2. The van der Waals surface area contributed by atoms with Crippen LogP contribution in [-0.4, -0.2) is 21.6 Å². The van der Waals surface area contributed by atoms with Gasteiger partial charge in [-0.15, -0.1) is 23.5 Å². The first-order chi connectivity index (χ1) is 11.7. The largest absolute Gasteiger partial charge is 0.461 e. The molecule has 2 bridgehead atoms. The van der Waals surface area contributed by atoms with Crippen LogP contribution in [0.2, 0.25) is 0 Å². The highest BCUT2D eigenvalue weighted by Crippen LogP contribution is 2.64. The van der Waals surface area contributed by atoms with Gasteiger partial charge in [0.15, 0.2) is 0 Å². The fraction of sp³-hybridized carbons (Fsp3) is 0.632. The third-order valence-electron chi connectivity index (χ3n) is 5.75. The number of esters is 1. The normalized spacial score (nSPS) is 31.1. The predicted octanol–water partition coefficient (Wildman–Crippen LogP) is 4.87. The molecule has 1 aromatic carbocycles. The summed E-state index contributed by atoms with van der Waals surface area (Å²) >= 11 is 4.32. The van der Waals surface area contributed by atoms with E-state index in [-0.39, 0.29) is 24.3 Å². The monoisotopic (exact) mass is 366 g/mol. The molecule has 1 spiro atoms. The van der Waals surface area contributed by atoms with Crippen molar-refractivity contribution in [3.8, 4) is 0 Å². The van der Waals surface area contributed by atoms with Crippen molar-refractivity contribution in [3.63, 3.8) is 0 Å². The Kier molecular flexibility index (Phi) is 4.83. The van der Waals surface area contributed by atoms with E-state index >= 15 is 0 Å². The SMILES string of the molecule is O=C(OCc1ccc(F)cc1)C1C[C@H]2CCC[C@@H](C1)C21SCCS1. The molecule has 2 aliphatic carbocycles. The second kappa shape index (κ2) is 6.91. The molecule has 1 unspecified atom stereocenters. The van der Waals surface area contributed by atoms with Crippen LogP contribution in [0.15, 0.2) is 24.3 Å². The van der Waals surface area contributed by atoms with Gasteiger partial charge in [0.2, 0.25) is 0 Å². The molecule has 1 aromatic rings. The summed E-state index contributed by atoms with van der Waals surface area (Å²) in [7, 11) is 0. The van der Waals surface area contributed by atoms with Crippen molar-refractivity contribution >= 4 is 29.5 Å². The minimum atomic E-state index is -0.262. The molecular formula is C19H23FO2S2. The predicted molar refractivity (Wildman–Crippen MR) is 97.4 cm³/mol. The Hall–Kier alpha value is -0.680. The third-order valence-corrected chi connectivity index (χ3v) is 9.77. The smallest absolute Gasteiger partial charge is 0.309 e. The fourth-order valence-electron chi connectivity index (χ4n) is 4.65. The van der Waals surface area contributed by atoms with Crippen molar-refractivity contribution in [1.29, 1.82) is 0 Å². The Balaban J connectivity index is 1.38. The zero-order chi connectivity index (χ0) is 16.6. The molecule has 2 nitrogen and oxygen atoms in total. The number of ether oxygens (including phenoxy) is 1. The second-order valence-corrected chi connectivity index (χ2v) is 10.1. The first-order valence-electron chi connectivity index (χ1n) is 8.86. The third kappa shape index (κ3) is 3.10. The van der Waals surface area contributed by atoms with Gasteiger partial charge in [0, 0.05) is 11.5 Å². The molecule has 5 heteroatoms. The van der Waals surface area contributed by atoms with Crippen LogP contribution in [0.1, 0.15) is 37.7 Å². The number of benzene rings is 1. The molecule has 0 amide bonds. The highest BCUT2D eigenvalue weighted by atomic mass is 32.2. The lowest BCUT2D eigenvalue weighted by Crippen LogP contribution is -2.48. The highest BCUT2D eigenvalue weighted by molar-refractivity contribution is 8.21. The Morgan fingerprint density at radius 1 is 1.12 bits per heavy atom. The molecule has 3 fully saturated rings. The molecule has 0 radical (unpaired) electrons. The first-order valence-corrected chi connectivity index (χ1v) is 10.8. The molecule has 3 atom stereocenters. The molecule has 24 heavy (non-hydrogen) atoms. The molecule has 1 saturated heterocycles. The molecule has 3 aliphatic rings. The number of rotatable bonds is 3. The molecule has 130 valence electrons. The van der Waals surface area contributed by atoms with Gasteiger partial charge in [-0.3, -0.25) is 4.79 Å². The lowest BCUT2D eigenvalue weighted by molar-refractivity contribution is -0.152. The maximum atomic E-state index is 12.9. The zero-order valence-electron chi connectivity index (χ0n) is 13.7. The van der Waals surface area contributed by atoms with E-state index in [2.05, 4.69) is 23.5 Å². The van der Waals surface area contributed by atoms with Gasteiger partial charge in [-0.25, -0.2) is 4.39 Å². The highest BCUT2D eigenvalue weighted by Gasteiger charge is 2.55. The van der Waals surface area contributed by atoms with Gasteiger partial charge in [0.1, 0.15) is 12.4 Å². The van der Waals surface area contributed by atoms with Gasteiger partial charge in [0.05, 0.1) is 10.00 Å². The summed E-state index contributed by atoms with van der Waals surface area (Å²) in [5.41, 5.74) is 0.846. The fourth-order valence-corrected chi connectivity index (χ4v) is 8.59. The molecule has 2 saturated carbocycles. The minimum absolute atomic E-state index is 0.0492. The van der Waals surface area contributed by atoms with Crippen LogP contribution in [0.3, 0.4) is 0 Å². The van der Waals surface area contributed by atoms with E-state index < -0.39 is 0 Å². The number of hydrogen-bond donors (Lipinski definition) is 0. The summed E-state index contributed by atoms with van der Waals surface area (Å²) in [4.78, 5) is 12.6. The van der Waals surface area contributed by atoms with Crippen LogP contribution >= 0.6 is 23.5 Å². The van der Waals surface area contributed by atoms with Crippen molar-refractivity contribution in [2.75, 3.05) is 11.5 Å². The van der Waals surface area contributed by atoms with Crippen molar-refractivity contribution in [2.45, 2.75) is 42.8 Å². The Labute approximate surface area is 151 Å². The molecule has 1 heterocycles. The van der Waals surface area contributed by atoms with Crippen LogP contribution in [0.5, 0.6) is 0 Å². The summed E-state index contributed by atoms with van der Waals surface area (Å²) in [5.74, 6) is 3.57. The van der Waals surface area contributed by atoms with Gasteiger partial charge >= 0.3 is 5.97 Å². The standard InChI is InChI=1S/C19H23FO2S2/c20-17-6-4-13(5-7-17)12-22-18(21)14-10-15-2-1-3-16(11-14)19(15)23-8-9-24-19/h4-7,14-16H,1-3,8-12H2/t14?,15-,16+. The zero-order valence-corrected chi connectivity index (χ0v) is 15.3. The molecule has 1 aliphatic heterocycles. The maximum absolute atomic E-state index is 12.9. The Morgan fingerprint density at radius 2 is 1.75 bits per heavy atom. The van der Waals surface area contributed by atoms with Gasteiger partial charge in [-0.1, -0.05) is 18.6 Å². The van der Waals surface area contributed by atoms with E-state index in [1.54, 1.807) is 12.1 Å². The average Bonchev–Trinajstić information content (AvgIpc) is 3.03. The Bertz CT molecular complexity index is 582. The lowest BCUT2D eigenvalue weighted by atomic mass is 9.67. The molecule has 0 N–H and O–H groups in total. The number of halogens is 1. The van der Waals surface area contributed by atoms with Crippen molar-refractivity contribution in [1.82, 2.24) is 0 Å². The van der Waals surface area contributed by atoms with Crippen molar-refractivity contribution < 1.29 is 13.9 Å². The average molecular weight is 367 g/mol. The number of carbonyl (C=O) groups excluding carboxylic acids is 1. The summed E-state index contributed by atoms with van der Waals surface area (Å²) < 4.78 is 18.9. The minimum Gasteiger partial charge on any atom is -0.461 e. The first kappa shape index (κ1) is 16.8. The van der Waals surface area contributed by atoms with Crippen LogP contribution in [0.4, 0.5) is 4.39 Å². The van der Waals surface area contributed by atoms with Crippen LogP contribution < -0.4 is 0 Å². The maximum Gasteiger partial charge on any atom is 0.309 e. The number of carbonyl (C=O) groups is 1. The second-order valence-electron chi connectivity index (χ2n) is 7.15. The van der Waals surface area contributed by atoms with E-state index in [1.807, 2.05) is 0 Å². The van der Waals surface area contributed by atoms with E-state index in [0.29, 0.717) is 15.9 Å². The van der Waals surface area contributed by atoms with Crippen LogP contribution in [0, 0.1) is 23.6 Å².